The summed E-state index contributed by atoms with van der Waals surface area (Å²) >= 11 is 0. The second kappa shape index (κ2) is 8.90. The van der Waals surface area contributed by atoms with Crippen LogP contribution in [0.15, 0.2) is 35.5 Å². The molecule has 0 aromatic rings. The normalized spacial score (nSPS) is 35.4. The molecular formula is C27H44O. The Balaban J connectivity index is 1.67. The molecule has 3 saturated carbocycles. The molecule has 28 heavy (non-hydrogen) atoms. The van der Waals surface area contributed by atoms with Gasteiger partial charge in [-0.15, -0.1) is 0 Å². The summed E-state index contributed by atoms with van der Waals surface area (Å²) in [6.07, 6.45) is 20.2. The Morgan fingerprint density at radius 2 is 1.89 bits per heavy atom. The van der Waals surface area contributed by atoms with Gasteiger partial charge in [-0.05, 0) is 107 Å². The smallest absolute Gasteiger partial charge is 0.0591 e. The number of hydrogen-bond donors (Lipinski definition) is 1. The van der Waals surface area contributed by atoms with E-state index in [0.29, 0.717) is 5.41 Å². The van der Waals surface area contributed by atoms with Gasteiger partial charge in [0.05, 0.1) is 5.60 Å². The summed E-state index contributed by atoms with van der Waals surface area (Å²) in [4.78, 5) is 0. The summed E-state index contributed by atoms with van der Waals surface area (Å²) in [5.41, 5.74) is 4.59. The summed E-state index contributed by atoms with van der Waals surface area (Å²) in [7, 11) is 0. The minimum absolute atomic E-state index is 0.486. The number of hydrogen-bond acceptors (Lipinski definition) is 1. The highest BCUT2D eigenvalue weighted by Gasteiger charge is 2.50. The summed E-state index contributed by atoms with van der Waals surface area (Å²) in [6.45, 7) is 13.3. The second-order valence-corrected chi connectivity index (χ2v) is 11.0. The fourth-order valence-corrected chi connectivity index (χ4v) is 6.67. The van der Waals surface area contributed by atoms with Gasteiger partial charge in [0, 0.05) is 0 Å². The molecule has 1 heteroatoms. The standard InChI is InChI=1S/C27H44O/c1-20-10-6-7-12-22(20)14-15-23-13-9-19-27(5)24(16-17-25(23)27)21(2)11-8-18-26(3,4)28/h14-15,21,24-25,28H,1,6-13,16-19H2,2-5H3/b22-14-,23-15+/t21?,24?,25?,27-/m1/s1. The third kappa shape index (κ3) is 5.02. The van der Waals surface area contributed by atoms with Crippen molar-refractivity contribution in [2.75, 3.05) is 0 Å². The van der Waals surface area contributed by atoms with Crippen LogP contribution in [0.5, 0.6) is 0 Å². The molecule has 0 aliphatic heterocycles. The molecule has 0 aromatic heterocycles. The van der Waals surface area contributed by atoms with E-state index < -0.39 is 5.60 Å². The van der Waals surface area contributed by atoms with Crippen LogP contribution >= 0.6 is 0 Å². The predicted octanol–water partition coefficient (Wildman–Crippen LogP) is 7.76. The largest absolute Gasteiger partial charge is 0.390 e. The van der Waals surface area contributed by atoms with Crippen molar-refractivity contribution in [1.29, 1.82) is 0 Å². The molecule has 0 radical (unpaired) electrons. The first kappa shape index (κ1) is 21.9. The van der Waals surface area contributed by atoms with E-state index in [9.17, 15) is 5.11 Å². The molecule has 0 saturated heterocycles. The maximum atomic E-state index is 10.0. The molecule has 3 aliphatic rings. The van der Waals surface area contributed by atoms with Crippen molar-refractivity contribution in [3.8, 4) is 0 Å². The molecular weight excluding hydrogens is 340 g/mol. The average molecular weight is 385 g/mol. The topological polar surface area (TPSA) is 20.2 Å². The monoisotopic (exact) mass is 384 g/mol. The lowest BCUT2D eigenvalue weighted by Gasteiger charge is -2.44. The van der Waals surface area contributed by atoms with Crippen molar-refractivity contribution in [2.24, 2.45) is 23.2 Å². The molecule has 0 heterocycles. The van der Waals surface area contributed by atoms with Crippen molar-refractivity contribution in [3.05, 3.63) is 35.5 Å². The molecule has 1 N–H and O–H groups in total. The molecule has 3 aliphatic carbocycles. The Labute approximate surface area is 174 Å². The van der Waals surface area contributed by atoms with Crippen molar-refractivity contribution >= 4 is 0 Å². The SMILES string of the molecule is C=C1CCCC/C1=C/C=C1\CCC[C@@]2(C)C1CCC2C(C)CCCC(C)(C)O. The van der Waals surface area contributed by atoms with Gasteiger partial charge in [0.1, 0.15) is 0 Å². The van der Waals surface area contributed by atoms with Crippen LogP contribution in [-0.4, -0.2) is 10.7 Å². The van der Waals surface area contributed by atoms with Crippen LogP contribution in [0.4, 0.5) is 0 Å². The van der Waals surface area contributed by atoms with Gasteiger partial charge in [-0.2, -0.15) is 0 Å². The molecule has 158 valence electrons. The maximum Gasteiger partial charge on any atom is 0.0591 e. The van der Waals surface area contributed by atoms with Gasteiger partial charge in [-0.1, -0.05) is 56.6 Å². The van der Waals surface area contributed by atoms with E-state index in [1.54, 1.807) is 5.57 Å². The van der Waals surface area contributed by atoms with E-state index in [1.165, 1.54) is 75.4 Å². The van der Waals surface area contributed by atoms with Gasteiger partial charge in [0.15, 0.2) is 0 Å². The van der Waals surface area contributed by atoms with Gasteiger partial charge in [-0.25, -0.2) is 0 Å². The van der Waals surface area contributed by atoms with Gasteiger partial charge < -0.3 is 5.11 Å². The molecule has 0 spiro atoms. The summed E-state index contributed by atoms with van der Waals surface area (Å²) in [6, 6.07) is 0. The maximum absolute atomic E-state index is 10.0. The van der Waals surface area contributed by atoms with Crippen molar-refractivity contribution in [3.63, 3.8) is 0 Å². The zero-order valence-corrected chi connectivity index (χ0v) is 19.0. The van der Waals surface area contributed by atoms with Crippen LogP contribution in [0.2, 0.25) is 0 Å². The zero-order valence-electron chi connectivity index (χ0n) is 19.0. The van der Waals surface area contributed by atoms with Crippen LogP contribution in [0.1, 0.15) is 105 Å². The third-order valence-electron chi connectivity index (χ3n) is 8.30. The lowest BCUT2D eigenvalue weighted by molar-refractivity contribution is 0.0597. The highest BCUT2D eigenvalue weighted by Crippen LogP contribution is 2.59. The summed E-state index contributed by atoms with van der Waals surface area (Å²) in [5, 5.41) is 10.0. The number of allylic oxidation sites excluding steroid dienone is 5. The van der Waals surface area contributed by atoms with E-state index in [-0.39, 0.29) is 0 Å². The van der Waals surface area contributed by atoms with Gasteiger partial charge >= 0.3 is 0 Å². The van der Waals surface area contributed by atoms with E-state index in [2.05, 4.69) is 32.6 Å². The first-order valence-electron chi connectivity index (χ1n) is 12.0. The third-order valence-corrected chi connectivity index (χ3v) is 8.30. The quantitative estimate of drug-likeness (QED) is 0.496. The number of aliphatic hydroxyl groups is 1. The van der Waals surface area contributed by atoms with E-state index in [4.69, 9.17) is 0 Å². The van der Waals surface area contributed by atoms with Gasteiger partial charge in [-0.3, -0.25) is 0 Å². The molecule has 1 nitrogen and oxygen atoms in total. The number of fused-ring (bicyclic) bond motifs is 1. The molecule has 0 aromatic carbocycles. The fraction of sp³-hybridized carbons (Fsp3) is 0.778. The molecule has 3 rings (SSSR count). The minimum Gasteiger partial charge on any atom is -0.390 e. The second-order valence-electron chi connectivity index (χ2n) is 11.0. The van der Waals surface area contributed by atoms with E-state index in [0.717, 1.165) is 30.6 Å². The lowest BCUT2D eigenvalue weighted by Crippen LogP contribution is -2.36. The Kier molecular flexibility index (Phi) is 6.96. The van der Waals surface area contributed by atoms with Crippen LogP contribution in [0, 0.1) is 23.2 Å². The van der Waals surface area contributed by atoms with Crippen LogP contribution in [-0.2, 0) is 0 Å². The zero-order chi connectivity index (χ0) is 20.4. The molecule has 0 amide bonds. The highest BCUT2D eigenvalue weighted by molar-refractivity contribution is 5.35. The van der Waals surface area contributed by atoms with Gasteiger partial charge in [0.25, 0.3) is 0 Å². The molecule has 3 unspecified atom stereocenters. The minimum atomic E-state index is -0.515. The highest BCUT2D eigenvalue weighted by atomic mass is 16.3. The predicted molar refractivity (Wildman–Crippen MR) is 121 cm³/mol. The Morgan fingerprint density at radius 3 is 2.61 bits per heavy atom. The average Bonchev–Trinajstić information content (AvgIpc) is 2.97. The van der Waals surface area contributed by atoms with Crippen LogP contribution in [0.3, 0.4) is 0 Å². The van der Waals surface area contributed by atoms with E-state index in [1.807, 2.05) is 13.8 Å². The lowest BCUT2D eigenvalue weighted by atomic mass is 9.60. The van der Waals surface area contributed by atoms with Gasteiger partial charge in [0.2, 0.25) is 0 Å². The first-order valence-corrected chi connectivity index (χ1v) is 12.0. The molecule has 0 bridgehead atoms. The van der Waals surface area contributed by atoms with Crippen LogP contribution in [0.25, 0.3) is 0 Å². The first-order chi connectivity index (χ1) is 13.2. The van der Waals surface area contributed by atoms with Crippen molar-refractivity contribution in [1.82, 2.24) is 0 Å². The van der Waals surface area contributed by atoms with Crippen molar-refractivity contribution in [2.45, 2.75) is 110 Å². The van der Waals surface area contributed by atoms with E-state index >= 15 is 0 Å². The Morgan fingerprint density at radius 1 is 1.14 bits per heavy atom. The summed E-state index contributed by atoms with van der Waals surface area (Å²) in [5.74, 6) is 2.41. The molecule has 3 fully saturated rings. The Hall–Kier alpha value is -0.820. The number of rotatable bonds is 6. The van der Waals surface area contributed by atoms with Crippen LogP contribution < -0.4 is 0 Å². The summed E-state index contributed by atoms with van der Waals surface area (Å²) < 4.78 is 0. The van der Waals surface area contributed by atoms with Crippen molar-refractivity contribution < 1.29 is 5.11 Å². The fourth-order valence-electron chi connectivity index (χ4n) is 6.67. The Bertz CT molecular complexity index is 617. The molecule has 4 atom stereocenters.